The van der Waals surface area contributed by atoms with Gasteiger partial charge in [0, 0.05) is 0 Å². The van der Waals surface area contributed by atoms with Crippen molar-refractivity contribution in [2.24, 2.45) is 0 Å². The first-order chi connectivity index (χ1) is 15.9. The molecule has 0 unspecified atom stereocenters. The van der Waals surface area contributed by atoms with Gasteiger partial charge in [-0.2, -0.15) is 0 Å². The molecule has 0 heterocycles. The number of hydrogen-bond acceptors (Lipinski definition) is 1. The Morgan fingerprint density at radius 3 is 1.33 bits per heavy atom. The second-order valence-corrected chi connectivity index (χ2v) is 10.1. The van der Waals surface area contributed by atoms with Crippen LogP contribution in [-0.4, -0.2) is 24.5 Å². The molecule has 1 rings (SSSR count). The second-order valence-electron chi connectivity index (χ2n) is 10.1. The van der Waals surface area contributed by atoms with Gasteiger partial charge in [-0.05, 0) is 57.3 Å². The first-order valence-corrected chi connectivity index (χ1v) is 14.6. The number of hydrogen-bond donors (Lipinski definition) is 0. The van der Waals surface area contributed by atoms with E-state index in [4.69, 9.17) is 0 Å². The Morgan fingerprint density at radius 1 is 0.455 bits per heavy atom. The van der Waals surface area contributed by atoms with Crippen LogP contribution < -0.4 is 0 Å². The van der Waals surface area contributed by atoms with Crippen LogP contribution in [0.5, 0.6) is 0 Å². The minimum absolute atomic E-state index is 0. The summed E-state index contributed by atoms with van der Waals surface area (Å²) < 4.78 is 0. The van der Waals surface area contributed by atoms with Gasteiger partial charge in [-0.25, -0.2) is 0 Å². The average molecular weight is 525 g/mol. The molecule has 0 bridgehead atoms. The van der Waals surface area contributed by atoms with Crippen molar-refractivity contribution in [3.05, 3.63) is 35.9 Å². The van der Waals surface area contributed by atoms with E-state index in [-0.39, 0.29) is 17.0 Å². The van der Waals surface area contributed by atoms with Gasteiger partial charge in [-0.3, -0.25) is 0 Å². The van der Waals surface area contributed by atoms with Crippen LogP contribution in [0.4, 0.5) is 0 Å². The van der Waals surface area contributed by atoms with Crippen LogP contribution in [0.15, 0.2) is 30.3 Å². The number of aryl methyl sites for hydroxylation is 1. The molecule has 0 N–H and O–H groups in total. The SMILES string of the molecule is Br.CCCCCCCCCCCCN(CCCC)CCCCCCCCCc1ccccc1. The third kappa shape index (κ3) is 21.9. The number of benzene rings is 1. The maximum absolute atomic E-state index is 2.77. The topological polar surface area (TPSA) is 3.24 Å². The van der Waals surface area contributed by atoms with Crippen LogP contribution in [0.25, 0.3) is 0 Å². The van der Waals surface area contributed by atoms with Crippen molar-refractivity contribution in [1.82, 2.24) is 4.90 Å². The fourth-order valence-corrected chi connectivity index (χ4v) is 4.73. The highest BCUT2D eigenvalue weighted by Crippen LogP contribution is 2.13. The zero-order chi connectivity index (χ0) is 23.0. The monoisotopic (exact) mass is 523 g/mol. The highest BCUT2D eigenvalue weighted by molar-refractivity contribution is 8.93. The van der Waals surface area contributed by atoms with Gasteiger partial charge >= 0.3 is 0 Å². The van der Waals surface area contributed by atoms with E-state index in [1.807, 2.05) is 0 Å². The quantitative estimate of drug-likeness (QED) is 0.122. The third-order valence-corrected chi connectivity index (χ3v) is 6.94. The predicted octanol–water partition coefficient (Wildman–Crippen LogP) is 10.6. The normalized spacial score (nSPS) is 11.1. The van der Waals surface area contributed by atoms with Crippen LogP contribution in [0.1, 0.15) is 141 Å². The molecule has 0 amide bonds. The maximum Gasteiger partial charge on any atom is -0.00187 e. The molecule has 0 saturated carbocycles. The minimum Gasteiger partial charge on any atom is -0.303 e. The lowest BCUT2D eigenvalue weighted by Crippen LogP contribution is -2.27. The van der Waals surface area contributed by atoms with Gasteiger partial charge < -0.3 is 4.90 Å². The van der Waals surface area contributed by atoms with E-state index in [1.165, 1.54) is 154 Å². The molecular formula is C31H58BrN. The predicted molar refractivity (Wildman–Crippen MR) is 156 cm³/mol. The Kier molecular flexibility index (Phi) is 26.0. The lowest BCUT2D eigenvalue weighted by molar-refractivity contribution is 0.256. The number of halogens is 1. The summed E-state index contributed by atoms with van der Waals surface area (Å²) in [6, 6.07) is 11.0. The smallest absolute Gasteiger partial charge is 0.00187 e. The summed E-state index contributed by atoms with van der Waals surface area (Å²) in [6.07, 6.45) is 28.3. The first-order valence-electron chi connectivity index (χ1n) is 14.6. The van der Waals surface area contributed by atoms with E-state index in [1.54, 1.807) is 0 Å². The summed E-state index contributed by atoms with van der Waals surface area (Å²) in [5.41, 5.74) is 1.50. The summed E-state index contributed by atoms with van der Waals surface area (Å²) in [5, 5.41) is 0. The summed E-state index contributed by atoms with van der Waals surface area (Å²) in [7, 11) is 0. The van der Waals surface area contributed by atoms with E-state index >= 15 is 0 Å². The molecule has 0 atom stereocenters. The Hall–Kier alpha value is -0.340. The van der Waals surface area contributed by atoms with Gasteiger partial charge in [0.05, 0.1) is 0 Å². The molecule has 0 aliphatic rings. The Bertz CT molecular complexity index is 475. The molecule has 33 heavy (non-hydrogen) atoms. The van der Waals surface area contributed by atoms with Crippen molar-refractivity contribution in [3.8, 4) is 0 Å². The lowest BCUT2D eigenvalue weighted by atomic mass is 10.0. The van der Waals surface area contributed by atoms with Crippen LogP contribution in [0.2, 0.25) is 0 Å². The lowest BCUT2D eigenvalue weighted by Gasteiger charge is -2.22. The largest absolute Gasteiger partial charge is 0.303 e. The fraction of sp³-hybridized carbons (Fsp3) is 0.806. The van der Waals surface area contributed by atoms with Crippen LogP contribution in [-0.2, 0) is 6.42 Å². The molecule has 0 spiro atoms. The Morgan fingerprint density at radius 2 is 0.848 bits per heavy atom. The maximum atomic E-state index is 2.77. The average Bonchev–Trinajstić information content (AvgIpc) is 2.82. The highest BCUT2D eigenvalue weighted by Gasteiger charge is 2.04. The van der Waals surface area contributed by atoms with E-state index in [2.05, 4.69) is 49.1 Å². The van der Waals surface area contributed by atoms with Crippen molar-refractivity contribution in [2.75, 3.05) is 19.6 Å². The van der Waals surface area contributed by atoms with Crippen LogP contribution in [0.3, 0.4) is 0 Å². The van der Waals surface area contributed by atoms with Crippen molar-refractivity contribution in [3.63, 3.8) is 0 Å². The highest BCUT2D eigenvalue weighted by atomic mass is 79.9. The number of rotatable bonds is 24. The molecule has 0 aromatic heterocycles. The van der Waals surface area contributed by atoms with Gasteiger partial charge in [0.15, 0.2) is 0 Å². The van der Waals surface area contributed by atoms with Gasteiger partial charge in [-0.1, -0.05) is 140 Å². The fourth-order valence-electron chi connectivity index (χ4n) is 4.73. The molecule has 1 nitrogen and oxygen atoms in total. The summed E-state index contributed by atoms with van der Waals surface area (Å²) in [6.45, 7) is 8.64. The second kappa shape index (κ2) is 26.3. The molecule has 0 radical (unpaired) electrons. The van der Waals surface area contributed by atoms with E-state index in [0.717, 1.165) is 0 Å². The van der Waals surface area contributed by atoms with Crippen molar-refractivity contribution in [1.29, 1.82) is 0 Å². The zero-order valence-electron chi connectivity index (χ0n) is 22.5. The molecule has 2 heteroatoms. The Labute approximate surface area is 219 Å². The van der Waals surface area contributed by atoms with Crippen molar-refractivity contribution in [2.45, 2.75) is 142 Å². The van der Waals surface area contributed by atoms with Crippen LogP contribution >= 0.6 is 17.0 Å². The van der Waals surface area contributed by atoms with Gasteiger partial charge in [-0.15, -0.1) is 17.0 Å². The van der Waals surface area contributed by atoms with E-state index < -0.39 is 0 Å². The molecule has 0 aliphatic carbocycles. The summed E-state index contributed by atoms with van der Waals surface area (Å²) in [5.74, 6) is 0. The molecule has 194 valence electrons. The van der Waals surface area contributed by atoms with Crippen molar-refractivity contribution >= 4 is 17.0 Å². The molecule has 1 aromatic rings. The first kappa shape index (κ1) is 32.7. The zero-order valence-corrected chi connectivity index (χ0v) is 24.2. The molecule has 0 aliphatic heterocycles. The van der Waals surface area contributed by atoms with Crippen molar-refractivity contribution < 1.29 is 0 Å². The molecule has 0 saturated heterocycles. The summed E-state index contributed by atoms with van der Waals surface area (Å²) >= 11 is 0. The summed E-state index contributed by atoms with van der Waals surface area (Å²) in [4.78, 5) is 2.77. The van der Waals surface area contributed by atoms with Gasteiger partial charge in [0.25, 0.3) is 0 Å². The molecular weight excluding hydrogens is 466 g/mol. The number of nitrogens with zero attached hydrogens (tertiary/aromatic N) is 1. The van der Waals surface area contributed by atoms with Gasteiger partial charge in [0.2, 0.25) is 0 Å². The van der Waals surface area contributed by atoms with Crippen LogP contribution in [0, 0.1) is 0 Å². The third-order valence-electron chi connectivity index (χ3n) is 6.94. The standard InChI is InChI=1S/C31H57N.BrH/c1-3-5-7-8-9-10-11-14-17-23-29-32(28-6-4-2)30-24-18-15-12-13-16-20-25-31-26-21-19-22-27-31;/h19,21-22,26-27H,3-18,20,23-25,28-30H2,1-2H3;1H. The molecule has 1 aromatic carbocycles. The Balaban J connectivity index is 0.0000102. The number of unbranched alkanes of at least 4 members (excludes halogenated alkanes) is 16. The van der Waals surface area contributed by atoms with E-state index in [9.17, 15) is 0 Å². The van der Waals surface area contributed by atoms with E-state index in [0.29, 0.717) is 0 Å². The molecule has 0 fully saturated rings. The minimum atomic E-state index is 0. The van der Waals surface area contributed by atoms with Gasteiger partial charge in [0.1, 0.15) is 0 Å².